The number of aromatic nitrogens is 3. The van der Waals surface area contributed by atoms with Gasteiger partial charge in [0.15, 0.2) is 5.69 Å². The van der Waals surface area contributed by atoms with Crippen molar-refractivity contribution < 1.29 is 18.0 Å². The molecule has 0 aliphatic carbocycles. The third-order valence-corrected chi connectivity index (χ3v) is 2.89. The van der Waals surface area contributed by atoms with Gasteiger partial charge in [-0.2, -0.15) is 18.4 Å². The number of imidazole rings is 1. The van der Waals surface area contributed by atoms with Crippen molar-refractivity contribution in [2.24, 2.45) is 0 Å². The summed E-state index contributed by atoms with van der Waals surface area (Å²) in [6.45, 7) is 1.87. The summed E-state index contributed by atoms with van der Waals surface area (Å²) in [7, 11) is 0. The quantitative estimate of drug-likeness (QED) is 0.905. The Bertz CT molecular complexity index is 745. The normalized spacial score (nSPS) is 11.0. The number of hydrogen-bond donors (Lipinski definition) is 2. The van der Waals surface area contributed by atoms with Crippen molar-refractivity contribution in [2.45, 2.75) is 19.6 Å². The van der Waals surface area contributed by atoms with E-state index in [1.165, 1.54) is 12.4 Å². The Morgan fingerprint density at radius 2 is 2.18 bits per heavy atom. The van der Waals surface area contributed by atoms with Gasteiger partial charge in [-0.25, -0.2) is 9.97 Å². The van der Waals surface area contributed by atoms with Gasteiger partial charge in [-0.15, -0.1) is 0 Å². The second-order valence-electron chi connectivity index (χ2n) is 4.39. The Morgan fingerprint density at radius 3 is 2.73 bits per heavy atom. The molecule has 0 aromatic carbocycles. The molecule has 0 aliphatic rings. The van der Waals surface area contributed by atoms with Gasteiger partial charge in [-0.1, -0.05) is 0 Å². The van der Waals surface area contributed by atoms with Crippen LogP contribution in [0.5, 0.6) is 0 Å². The summed E-state index contributed by atoms with van der Waals surface area (Å²) in [4.78, 5) is 21.9. The summed E-state index contributed by atoms with van der Waals surface area (Å²) in [6, 6.07) is 2.26. The zero-order chi connectivity index (χ0) is 16.3. The van der Waals surface area contributed by atoms with Crippen LogP contribution in [-0.2, 0) is 12.7 Å². The van der Waals surface area contributed by atoms with Gasteiger partial charge >= 0.3 is 6.18 Å². The lowest BCUT2D eigenvalue weighted by Crippen LogP contribution is -2.24. The molecule has 2 aromatic heterocycles. The summed E-state index contributed by atoms with van der Waals surface area (Å²) >= 11 is 0. The molecule has 0 atom stereocenters. The molecule has 0 saturated carbocycles. The highest BCUT2D eigenvalue weighted by atomic mass is 19.4. The molecule has 0 radical (unpaired) electrons. The Kier molecular flexibility index (Phi) is 4.12. The number of nitrogens with one attached hydrogen (secondary N) is 2. The van der Waals surface area contributed by atoms with E-state index in [0.29, 0.717) is 5.69 Å². The molecule has 0 bridgehead atoms. The third kappa shape index (κ3) is 3.22. The van der Waals surface area contributed by atoms with Crippen molar-refractivity contribution in [1.29, 1.82) is 5.26 Å². The van der Waals surface area contributed by atoms with Gasteiger partial charge in [0, 0.05) is 11.9 Å². The Balaban J connectivity index is 2.17. The molecular formula is C13H10F3N5O. The number of halogens is 3. The zero-order valence-corrected chi connectivity index (χ0v) is 11.3. The van der Waals surface area contributed by atoms with Crippen molar-refractivity contribution >= 4 is 5.91 Å². The lowest BCUT2D eigenvalue weighted by atomic mass is 10.1. The van der Waals surface area contributed by atoms with Crippen molar-refractivity contribution in [1.82, 2.24) is 20.3 Å². The van der Waals surface area contributed by atoms with Crippen molar-refractivity contribution in [3.05, 3.63) is 46.8 Å². The van der Waals surface area contributed by atoms with Crippen LogP contribution in [0.3, 0.4) is 0 Å². The van der Waals surface area contributed by atoms with E-state index in [1.54, 1.807) is 6.92 Å². The van der Waals surface area contributed by atoms with Gasteiger partial charge in [0.2, 0.25) is 0 Å². The first kappa shape index (κ1) is 15.5. The second kappa shape index (κ2) is 5.85. The molecule has 114 valence electrons. The van der Waals surface area contributed by atoms with E-state index in [0.717, 1.165) is 18.0 Å². The Hall–Kier alpha value is -2.89. The average Bonchev–Trinajstić information content (AvgIpc) is 2.88. The lowest BCUT2D eigenvalue weighted by Gasteiger charge is -2.09. The molecule has 1 amide bonds. The van der Waals surface area contributed by atoms with Gasteiger partial charge in [0.05, 0.1) is 29.7 Å². The highest BCUT2D eigenvalue weighted by Crippen LogP contribution is 2.30. The maximum absolute atomic E-state index is 12.6. The number of amides is 1. The largest absolute Gasteiger partial charge is 0.434 e. The second-order valence-corrected chi connectivity index (χ2v) is 4.39. The summed E-state index contributed by atoms with van der Waals surface area (Å²) in [6.07, 6.45) is -2.49. The number of aryl methyl sites for hydroxylation is 1. The van der Waals surface area contributed by atoms with Crippen LogP contribution in [0.4, 0.5) is 13.2 Å². The molecular weight excluding hydrogens is 299 g/mol. The average molecular weight is 309 g/mol. The fourth-order valence-electron chi connectivity index (χ4n) is 1.73. The summed E-state index contributed by atoms with van der Waals surface area (Å²) < 4.78 is 37.9. The molecule has 0 saturated heterocycles. The van der Waals surface area contributed by atoms with Crippen molar-refractivity contribution in [2.75, 3.05) is 0 Å². The van der Waals surface area contributed by atoms with Crippen LogP contribution in [0.1, 0.15) is 33.0 Å². The van der Waals surface area contributed by atoms with Gasteiger partial charge in [0.25, 0.3) is 5.91 Å². The number of carbonyl (C=O) groups is 1. The van der Waals surface area contributed by atoms with Gasteiger partial charge < -0.3 is 10.3 Å². The molecule has 2 aromatic rings. The molecule has 2 N–H and O–H groups in total. The minimum atomic E-state index is -4.74. The van der Waals surface area contributed by atoms with Crippen LogP contribution in [0.15, 0.2) is 18.6 Å². The van der Waals surface area contributed by atoms with E-state index >= 15 is 0 Å². The van der Waals surface area contributed by atoms with Crippen molar-refractivity contribution in [3.8, 4) is 6.07 Å². The number of carbonyl (C=O) groups excluding carboxylic acids is 1. The number of nitriles is 1. The van der Waals surface area contributed by atoms with Crippen LogP contribution in [0.25, 0.3) is 0 Å². The van der Waals surface area contributed by atoms with Crippen LogP contribution in [0, 0.1) is 18.3 Å². The van der Waals surface area contributed by atoms with Crippen LogP contribution >= 0.6 is 0 Å². The monoisotopic (exact) mass is 309 g/mol. The number of aromatic amines is 1. The maximum atomic E-state index is 12.6. The number of hydrogen-bond acceptors (Lipinski definition) is 4. The van der Waals surface area contributed by atoms with E-state index in [2.05, 4.69) is 20.3 Å². The first-order valence-corrected chi connectivity index (χ1v) is 6.07. The lowest BCUT2D eigenvalue weighted by molar-refractivity contribution is -0.141. The molecule has 22 heavy (non-hydrogen) atoms. The van der Waals surface area contributed by atoms with Gasteiger partial charge in [-0.3, -0.25) is 4.79 Å². The molecule has 6 nitrogen and oxygen atoms in total. The summed E-state index contributed by atoms with van der Waals surface area (Å²) in [5, 5.41) is 11.3. The van der Waals surface area contributed by atoms with E-state index in [1.807, 2.05) is 0 Å². The number of H-pyrrole nitrogens is 1. The molecule has 0 fully saturated rings. The van der Waals surface area contributed by atoms with Gasteiger partial charge in [-0.05, 0) is 13.0 Å². The SMILES string of the molecule is Cc1[nH]cnc1CNC(=O)c1cnc(C(F)(F)F)c(C#N)c1. The molecule has 0 aliphatic heterocycles. The summed E-state index contributed by atoms with van der Waals surface area (Å²) in [5.74, 6) is -0.639. The number of pyridine rings is 1. The molecule has 0 unspecified atom stereocenters. The standard InChI is InChI=1S/C13H10F3N5O/c1-7-10(21-6-20-7)5-19-12(22)9-2-8(3-17)11(18-4-9)13(14,15)16/h2,4,6H,5H2,1H3,(H,19,22)(H,20,21). The van der Waals surface area contributed by atoms with Crippen molar-refractivity contribution in [3.63, 3.8) is 0 Å². The van der Waals surface area contributed by atoms with E-state index in [4.69, 9.17) is 5.26 Å². The molecule has 2 heterocycles. The number of rotatable bonds is 3. The highest BCUT2D eigenvalue weighted by Gasteiger charge is 2.35. The zero-order valence-electron chi connectivity index (χ0n) is 11.3. The molecule has 2 rings (SSSR count). The highest BCUT2D eigenvalue weighted by molar-refractivity contribution is 5.94. The third-order valence-electron chi connectivity index (χ3n) is 2.89. The predicted octanol–water partition coefficient (Wildman–Crippen LogP) is 1.93. The minimum Gasteiger partial charge on any atom is -0.348 e. The van der Waals surface area contributed by atoms with E-state index in [-0.39, 0.29) is 12.1 Å². The smallest absolute Gasteiger partial charge is 0.348 e. The molecule has 0 spiro atoms. The molecule has 9 heteroatoms. The van der Waals surface area contributed by atoms with Crippen LogP contribution in [0.2, 0.25) is 0 Å². The van der Waals surface area contributed by atoms with Crippen LogP contribution < -0.4 is 5.32 Å². The predicted molar refractivity (Wildman–Crippen MR) is 68.4 cm³/mol. The topological polar surface area (TPSA) is 94.5 Å². The van der Waals surface area contributed by atoms with E-state index in [9.17, 15) is 18.0 Å². The van der Waals surface area contributed by atoms with Gasteiger partial charge in [0.1, 0.15) is 6.07 Å². The fraction of sp³-hybridized carbons (Fsp3) is 0.231. The fourth-order valence-corrected chi connectivity index (χ4v) is 1.73. The minimum absolute atomic E-state index is 0.108. The number of alkyl halides is 3. The number of nitrogens with zero attached hydrogens (tertiary/aromatic N) is 3. The van der Waals surface area contributed by atoms with E-state index < -0.39 is 23.3 Å². The van der Waals surface area contributed by atoms with Crippen LogP contribution in [-0.4, -0.2) is 20.9 Å². The first-order chi connectivity index (χ1) is 10.3. The first-order valence-electron chi connectivity index (χ1n) is 6.07. The Morgan fingerprint density at radius 1 is 1.45 bits per heavy atom. The Labute approximate surface area is 123 Å². The maximum Gasteiger partial charge on any atom is 0.434 e. The summed E-state index contributed by atoms with van der Waals surface area (Å²) in [5.41, 5.74) is -0.763.